The molecule has 0 aliphatic carbocycles. The average Bonchev–Trinajstić information content (AvgIpc) is 3.07. The molecule has 0 radical (unpaired) electrons. The van der Waals surface area contributed by atoms with Gasteiger partial charge in [-0.1, -0.05) is 39.0 Å². The largest absolute Gasteiger partial charge is 0.324 e. The van der Waals surface area contributed by atoms with Gasteiger partial charge in [-0.3, -0.25) is 4.79 Å². The molecule has 1 aromatic heterocycles. The number of aromatic nitrogens is 2. The smallest absolute Gasteiger partial charge is 0.244 e. The van der Waals surface area contributed by atoms with Crippen LogP contribution in [0.15, 0.2) is 47.4 Å². The maximum absolute atomic E-state index is 12.9. The highest BCUT2D eigenvalue weighted by atomic mass is 32.2. The number of fused-ring (bicyclic) bond motifs is 1. The molecular weight excluding hydrogens is 400 g/mol. The van der Waals surface area contributed by atoms with Crippen LogP contribution in [0.3, 0.4) is 0 Å². The van der Waals surface area contributed by atoms with E-state index in [-0.39, 0.29) is 17.3 Å². The van der Waals surface area contributed by atoms with Crippen LogP contribution in [0.1, 0.15) is 32.2 Å². The summed E-state index contributed by atoms with van der Waals surface area (Å²) in [5.74, 6) is 0.600. The van der Waals surface area contributed by atoms with E-state index < -0.39 is 10.0 Å². The minimum Gasteiger partial charge on any atom is -0.324 e. The summed E-state index contributed by atoms with van der Waals surface area (Å²) in [6, 6.07) is 12.7. The number of anilines is 1. The van der Waals surface area contributed by atoms with Gasteiger partial charge in [0.25, 0.3) is 0 Å². The van der Waals surface area contributed by atoms with Crippen molar-refractivity contribution in [3.63, 3.8) is 0 Å². The summed E-state index contributed by atoms with van der Waals surface area (Å²) >= 11 is 0. The second-order valence-electron chi connectivity index (χ2n) is 7.07. The Hall–Kier alpha value is -2.71. The van der Waals surface area contributed by atoms with E-state index in [1.54, 1.807) is 19.1 Å². The van der Waals surface area contributed by atoms with Gasteiger partial charge in [0.1, 0.15) is 12.4 Å². The Morgan fingerprint density at radius 1 is 1.10 bits per heavy atom. The Balaban J connectivity index is 1.87. The molecule has 160 valence electrons. The van der Waals surface area contributed by atoms with Crippen molar-refractivity contribution in [2.75, 3.05) is 18.4 Å². The van der Waals surface area contributed by atoms with E-state index in [0.29, 0.717) is 30.8 Å². The van der Waals surface area contributed by atoms with Gasteiger partial charge in [-0.2, -0.15) is 4.31 Å². The summed E-state index contributed by atoms with van der Waals surface area (Å²) in [5, 5.41) is 2.84. The fraction of sp³-hybridized carbons (Fsp3) is 0.364. The van der Waals surface area contributed by atoms with E-state index >= 15 is 0 Å². The summed E-state index contributed by atoms with van der Waals surface area (Å²) in [7, 11) is -3.61. The number of hydrogen-bond donors (Lipinski definition) is 1. The lowest BCUT2D eigenvalue weighted by molar-refractivity contribution is -0.116. The van der Waals surface area contributed by atoms with Gasteiger partial charge in [-0.25, -0.2) is 13.4 Å². The van der Waals surface area contributed by atoms with Gasteiger partial charge in [-0.15, -0.1) is 0 Å². The molecule has 8 heteroatoms. The van der Waals surface area contributed by atoms with Gasteiger partial charge >= 0.3 is 0 Å². The fourth-order valence-electron chi connectivity index (χ4n) is 3.57. The zero-order chi connectivity index (χ0) is 21.9. The Labute approximate surface area is 177 Å². The molecule has 1 N–H and O–H groups in total. The molecule has 3 aromatic rings. The molecule has 2 aromatic carbocycles. The normalized spacial score (nSPS) is 11.9. The zero-order valence-corrected chi connectivity index (χ0v) is 18.7. The summed E-state index contributed by atoms with van der Waals surface area (Å²) in [4.78, 5) is 17.6. The van der Waals surface area contributed by atoms with Crippen molar-refractivity contribution in [1.29, 1.82) is 0 Å². The Morgan fingerprint density at radius 3 is 2.47 bits per heavy atom. The van der Waals surface area contributed by atoms with Gasteiger partial charge in [0, 0.05) is 25.2 Å². The molecule has 0 bridgehead atoms. The molecule has 1 heterocycles. The molecule has 0 spiro atoms. The number of nitrogens with one attached hydrogen (secondary N) is 1. The average molecular weight is 429 g/mol. The number of nitrogens with zero attached hydrogens (tertiary/aromatic N) is 3. The lowest BCUT2D eigenvalue weighted by atomic mass is 10.2. The van der Waals surface area contributed by atoms with Crippen LogP contribution in [0.4, 0.5) is 5.69 Å². The number of aryl methyl sites for hydroxylation is 2. The van der Waals surface area contributed by atoms with Gasteiger partial charge in [-0.05, 0) is 36.8 Å². The SMILES string of the molecule is CCc1nc2ccccc2n1CC(=O)Nc1ccc(C)c(S(=O)(=O)N(CC)CC)c1. The quantitative estimate of drug-likeness (QED) is 0.594. The number of sulfonamides is 1. The second kappa shape index (κ2) is 8.97. The second-order valence-corrected chi connectivity index (χ2v) is 8.98. The summed E-state index contributed by atoms with van der Waals surface area (Å²) in [6.45, 7) is 8.26. The third kappa shape index (κ3) is 4.24. The van der Waals surface area contributed by atoms with Crippen molar-refractivity contribution in [2.45, 2.75) is 45.6 Å². The van der Waals surface area contributed by atoms with Crippen molar-refractivity contribution in [1.82, 2.24) is 13.9 Å². The van der Waals surface area contributed by atoms with Crippen LogP contribution in [0.5, 0.6) is 0 Å². The van der Waals surface area contributed by atoms with Crippen LogP contribution in [0, 0.1) is 6.92 Å². The van der Waals surface area contributed by atoms with E-state index in [9.17, 15) is 13.2 Å². The van der Waals surface area contributed by atoms with Gasteiger partial charge in [0.05, 0.1) is 15.9 Å². The van der Waals surface area contributed by atoms with Crippen molar-refractivity contribution < 1.29 is 13.2 Å². The van der Waals surface area contributed by atoms with Crippen LogP contribution in [0.2, 0.25) is 0 Å². The number of para-hydroxylation sites is 2. The Kier molecular flexibility index (Phi) is 6.58. The first kappa shape index (κ1) is 22.0. The fourth-order valence-corrected chi connectivity index (χ4v) is 5.28. The van der Waals surface area contributed by atoms with E-state index in [2.05, 4.69) is 10.3 Å². The maximum Gasteiger partial charge on any atom is 0.244 e. The molecule has 0 aliphatic rings. The highest BCUT2D eigenvalue weighted by Gasteiger charge is 2.24. The predicted molar refractivity (Wildman–Crippen MR) is 119 cm³/mol. The van der Waals surface area contributed by atoms with Crippen LogP contribution in [0.25, 0.3) is 11.0 Å². The number of rotatable bonds is 8. The highest BCUT2D eigenvalue weighted by molar-refractivity contribution is 7.89. The molecule has 0 unspecified atom stereocenters. The van der Waals surface area contributed by atoms with Crippen LogP contribution < -0.4 is 5.32 Å². The number of hydrogen-bond acceptors (Lipinski definition) is 4. The monoisotopic (exact) mass is 428 g/mol. The number of amides is 1. The molecule has 1 amide bonds. The maximum atomic E-state index is 12.9. The lowest BCUT2D eigenvalue weighted by Crippen LogP contribution is -2.31. The summed E-state index contributed by atoms with van der Waals surface area (Å²) < 4.78 is 29.2. The molecule has 0 atom stereocenters. The zero-order valence-electron chi connectivity index (χ0n) is 17.8. The van der Waals surface area contributed by atoms with Gasteiger partial charge in [0.2, 0.25) is 15.9 Å². The van der Waals surface area contributed by atoms with E-state index in [4.69, 9.17) is 0 Å². The van der Waals surface area contributed by atoms with Crippen molar-refractivity contribution in [2.24, 2.45) is 0 Å². The van der Waals surface area contributed by atoms with Gasteiger partial charge < -0.3 is 9.88 Å². The minimum atomic E-state index is -3.61. The molecule has 7 nitrogen and oxygen atoms in total. The minimum absolute atomic E-state index is 0.107. The number of carbonyl (C=O) groups excluding carboxylic acids is 1. The van der Waals surface area contributed by atoms with Crippen molar-refractivity contribution >= 4 is 32.7 Å². The van der Waals surface area contributed by atoms with Crippen LogP contribution in [-0.4, -0.2) is 41.3 Å². The standard InChI is InChI=1S/C22H28N4O3S/c1-5-21-24-18-10-8-9-11-19(18)26(21)15-22(27)23-17-13-12-16(4)20(14-17)30(28,29)25(6-2)7-3/h8-14H,5-7,15H2,1-4H3,(H,23,27). The Morgan fingerprint density at radius 2 is 1.80 bits per heavy atom. The van der Waals surface area contributed by atoms with E-state index in [0.717, 1.165) is 16.9 Å². The molecular formula is C22H28N4O3S. The van der Waals surface area contributed by atoms with E-state index in [1.165, 1.54) is 10.4 Å². The number of carbonyl (C=O) groups is 1. The molecule has 0 saturated heterocycles. The third-order valence-corrected chi connectivity index (χ3v) is 7.34. The molecule has 0 fully saturated rings. The lowest BCUT2D eigenvalue weighted by Gasteiger charge is -2.20. The van der Waals surface area contributed by atoms with E-state index in [1.807, 2.05) is 49.6 Å². The summed E-state index contributed by atoms with van der Waals surface area (Å²) in [5.41, 5.74) is 2.86. The molecule has 0 saturated carbocycles. The molecule has 3 rings (SSSR count). The van der Waals surface area contributed by atoms with Crippen molar-refractivity contribution in [3.05, 3.63) is 53.9 Å². The predicted octanol–water partition coefficient (Wildman–Crippen LogP) is 3.58. The highest BCUT2D eigenvalue weighted by Crippen LogP contribution is 2.24. The van der Waals surface area contributed by atoms with Crippen molar-refractivity contribution in [3.8, 4) is 0 Å². The molecule has 0 aliphatic heterocycles. The summed E-state index contributed by atoms with van der Waals surface area (Å²) in [6.07, 6.45) is 0.707. The van der Waals surface area contributed by atoms with Crippen LogP contribution in [-0.2, 0) is 27.8 Å². The topological polar surface area (TPSA) is 84.3 Å². The van der Waals surface area contributed by atoms with Crippen LogP contribution >= 0.6 is 0 Å². The first-order valence-electron chi connectivity index (χ1n) is 10.2. The Bertz CT molecular complexity index is 1160. The first-order valence-corrected chi connectivity index (χ1v) is 11.6. The van der Waals surface area contributed by atoms with Gasteiger partial charge in [0.15, 0.2) is 0 Å². The number of imidazole rings is 1. The molecule has 30 heavy (non-hydrogen) atoms. The first-order chi connectivity index (χ1) is 14.3. The third-order valence-electron chi connectivity index (χ3n) is 5.15. The number of benzene rings is 2.